The molecule has 25 heavy (non-hydrogen) atoms. The van der Waals surface area contributed by atoms with Crippen LogP contribution in [0.25, 0.3) is 6.08 Å². The van der Waals surface area contributed by atoms with E-state index in [-0.39, 0.29) is 11.3 Å². The molecule has 6 nitrogen and oxygen atoms in total. The number of nitrogens with zero attached hydrogens (tertiary/aromatic N) is 1. The molecular formula is C18H13BrN2O4. The molecule has 2 rings (SSSR count). The number of benzene rings is 2. The lowest BCUT2D eigenvalue weighted by molar-refractivity contribution is -0.139. The van der Waals surface area contributed by atoms with Gasteiger partial charge in [0.25, 0.3) is 5.91 Å². The number of hydrogen-bond donors (Lipinski definition) is 2. The fourth-order valence-corrected chi connectivity index (χ4v) is 2.34. The number of halogens is 1. The highest BCUT2D eigenvalue weighted by Crippen LogP contribution is 2.22. The summed E-state index contributed by atoms with van der Waals surface area (Å²) in [7, 11) is 0. The third-order valence-electron chi connectivity index (χ3n) is 3.02. The summed E-state index contributed by atoms with van der Waals surface area (Å²) in [6.07, 6.45) is 1.35. The quantitative estimate of drug-likeness (QED) is 0.571. The standard InChI is InChI=1S/C18H13BrN2O4/c19-14-5-3-6-15(9-14)21-18(24)13(10-20)8-12-4-1-2-7-16(12)25-11-17(22)23/h1-9H,11H2,(H,21,24)(H,22,23)/b13-8+. The van der Waals surface area contributed by atoms with E-state index in [4.69, 9.17) is 9.84 Å². The van der Waals surface area contributed by atoms with Gasteiger partial charge in [0.05, 0.1) is 0 Å². The number of carbonyl (C=O) groups excluding carboxylic acids is 1. The van der Waals surface area contributed by atoms with Gasteiger partial charge < -0.3 is 15.2 Å². The van der Waals surface area contributed by atoms with E-state index in [0.29, 0.717) is 11.3 Å². The molecule has 2 aromatic carbocycles. The molecule has 0 aliphatic carbocycles. The Morgan fingerprint density at radius 1 is 1.24 bits per heavy atom. The molecule has 0 saturated heterocycles. The minimum absolute atomic E-state index is 0.133. The third kappa shape index (κ3) is 5.48. The molecule has 0 bridgehead atoms. The van der Waals surface area contributed by atoms with Gasteiger partial charge in [-0.05, 0) is 30.3 Å². The van der Waals surface area contributed by atoms with Crippen LogP contribution in [0.3, 0.4) is 0 Å². The molecule has 0 aliphatic rings. The SMILES string of the molecule is N#C/C(=C\c1ccccc1OCC(=O)O)C(=O)Nc1cccc(Br)c1. The lowest BCUT2D eigenvalue weighted by Crippen LogP contribution is -2.13. The van der Waals surface area contributed by atoms with Crippen LogP contribution in [-0.4, -0.2) is 23.6 Å². The summed E-state index contributed by atoms with van der Waals surface area (Å²) in [5, 5.41) is 20.6. The predicted molar refractivity (Wildman–Crippen MR) is 95.9 cm³/mol. The maximum absolute atomic E-state index is 12.3. The largest absolute Gasteiger partial charge is 0.481 e. The van der Waals surface area contributed by atoms with Gasteiger partial charge in [0, 0.05) is 15.7 Å². The van der Waals surface area contributed by atoms with Crippen LogP contribution in [0.1, 0.15) is 5.56 Å². The van der Waals surface area contributed by atoms with Crippen LogP contribution in [0.15, 0.2) is 58.6 Å². The molecule has 0 heterocycles. The van der Waals surface area contributed by atoms with Gasteiger partial charge in [0.15, 0.2) is 6.61 Å². The zero-order valence-corrected chi connectivity index (χ0v) is 14.5. The maximum atomic E-state index is 12.3. The Kier molecular flexibility index (Phi) is 6.32. The fourth-order valence-electron chi connectivity index (χ4n) is 1.94. The molecule has 2 aromatic rings. The van der Waals surface area contributed by atoms with Crippen molar-refractivity contribution in [3.8, 4) is 11.8 Å². The number of rotatable bonds is 6. The van der Waals surface area contributed by atoms with E-state index in [1.165, 1.54) is 6.08 Å². The topological polar surface area (TPSA) is 99.4 Å². The average Bonchev–Trinajstić information content (AvgIpc) is 2.58. The van der Waals surface area contributed by atoms with Crippen LogP contribution in [0.4, 0.5) is 5.69 Å². The summed E-state index contributed by atoms with van der Waals surface area (Å²) in [4.78, 5) is 22.9. The molecule has 0 spiro atoms. The van der Waals surface area contributed by atoms with E-state index < -0.39 is 18.5 Å². The number of carboxylic acid groups (broad SMARTS) is 1. The monoisotopic (exact) mass is 400 g/mol. The van der Waals surface area contributed by atoms with Crippen molar-refractivity contribution in [1.29, 1.82) is 5.26 Å². The highest BCUT2D eigenvalue weighted by atomic mass is 79.9. The van der Waals surface area contributed by atoms with Gasteiger partial charge in [-0.15, -0.1) is 0 Å². The van der Waals surface area contributed by atoms with Crippen LogP contribution < -0.4 is 10.1 Å². The van der Waals surface area contributed by atoms with Gasteiger partial charge in [0.1, 0.15) is 17.4 Å². The van der Waals surface area contributed by atoms with Gasteiger partial charge >= 0.3 is 5.97 Å². The molecule has 0 aliphatic heterocycles. The van der Waals surface area contributed by atoms with Gasteiger partial charge in [-0.1, -0.05) is 40.2 Å². The van der Waals surface area contributed by atoms with Crippen LogP contribution >= 0.6 is 15.9 Å². The first-order chi connectivity index (χ1) is 12.0. The average molecular weight is 401 g/mol. The van der Waals surface area contributed by atoms with Crippen LogP contribution in [-0.2, 0) is 9.59 Å². The first kappa shape index (κ1) is 18.2. The summed E-state index contributed by atoms with van der Waals surface area (Å²) in [6.45, 7) is -0.517. The third-order valence-corrected chi connectivity index (χ3v) is 3.51. The number of carboxylic acids is 1. The lowest BCUT2D eigenvalue weighted by Gasteiger charge is -2.08. The van der Waals surface area contributed by atoms with Crippen molar-refractivity contribution in [2.24, 2.45) is 0 Å². The minimum atomic E-state index is -1.12. The number of aliphatic carboxylic acids is 1. The van der Waals surface area contributed by atoms with Gasteiger partial charge in [-0.25, -0.2) is 4.79 Å². The minimum Gasteiger partial charge on any atom is -0.481 e. The van der Waals surface area contributed by atoms with Crippen molar-refractivity contribution in [1.82, 2.24) is 0 Å². The van der Waals surface area contributed by atoms with Crippen molar-refractivity contribution in [3.05, 3.63) is 64.1 Å². The van der Waals surface area contributed by atoms with E-state index in [1.807, 2.05) is 12.1 Å². The Balaban J connectivity index is 2.23. The number of ether oxygens (including phenoxy) is 1. The van der Waals surface area contributed by atoms with Gasteiger partial charge in [-0.2, -0.15) is 5.26 Å². The predicted octanol–water partition coefficient (Wildman–Crippen LogP) is 3.46. The molecule has 0 radical (unpaired) electrons. The second-order valence-electron chi connectivity index (χ2n) is 4.85. The van der Waals surface area contributed by atoms with Crippen molar-refractivity contribution < 1.29 is 19.4 Å². The molecule has 126 valence electrons. The van der Waals surface area contributed by atoms with Crippen LogP contribution in [0, 0.1) is 11.3 Å². The van der Waals surface area contributed by atoms with Crippen LogP contribution in [0.5, 0.6) is 5.75 Å². The molecule has 0 unspecified atom stereocenters. The van der Waals surface area contributed by atoms with E-state index >= 15 is 0 Å². The van der Waals surface area contributed by atoms with Crippen molar-refractivity contribution in [2.45, 2.75) is 0 Å². The second-order valence-corrected chi connectivity index (χ2v) is 5.77. The van der Waals surface area contributed by atoms with Crippen LogP contribution in [0.2, 0.25) is 0 Å². The lowest BCUT2D eigenvalue weighted by atomic mass is 10.1. The summed E-state index contributed by atoms with van der Waals surface area (Å²) in [5.41, 5.74) is 0.840. The molecule has 2 N–H and O–H groups in total. The Morgan fingerprint density at radius 3 is 2.68 bits per heavy atom. The number of hydrogen-bond acceptors (Lipinski definition) is 4. The van der Waals surface area contributed by atoms with E-state index in [0.717, 1.165) is 4.47 Å². The number of para-hydroxylation sites is 1. The summed E-state index contributed by atoms with van der Waals surface area (Å²) >= 11 is 3.30. The molecule has 0 fully saturated rings. The summed E-state index contributed by atoms with van der Waals surface area (Å²) in [5.74, 6) is -1.42. The maximum Gasteiger partial charge on any atom is 0.341 e. The molecule has 0 atom stereocenters. The Morgan fingerprint density at radius 2 is 2.00 bits per heavy atom. The normalized spacial score (nSPS) is 10.6. The van der Waals surface area contributed by atoms with E-state index in [2.05, 4.69) is 21.2 Å². The van der Waals surface area contributed by atoms with Gasteiger partial charge in [0.2, 0.25) is 0 Å². The molecule has 7 heteroatoms. The van der Waals surface area contributed by atoms with E-state index in [1.54, 1.807) is 42.5 Å². The molecular weight excluding hydrogens is 388 g/mol. The van der Waals surface area contributed by atoms with Crippen molar-refractivity contribution in [2.75, 3.05) is 11.9 Å². The number of carbonyl (C=O) groups is 2. The first-order valence-electron chi connectivity index (χ1n) is 7.12. The Hall–Kier alpha value is -3.11. The van der Waals surface area contributed by atoms with Crippen molar-refractivity contribution in [3.63, 3.8) is 0 Å². The zero-order chi connectivity index (χ0) is 18.2. The molecule has 0 saturated carbocycles. The van der Waals surface area contributed by atoms with E-state index in [9.17, 15) is 14.9 Å². The number of amides is 1. The number of nitriles is 1. The highest BCUT2D eigenvalue weighted by Gasteiger charge is 2.12. The Labute approximate surface area is 152 Å². The number of nitrogens with one attached hydrogen (secondary N) is 1. The smallest absolute Gasteiger partial charge is 0.341 e. The zero-order valence-electron chi connectivity index (χ0n) is 12.9. The summed E-state index contributed by atoms with van der Waals surface area (Å²) < 4.78 is 5.96. The van der Waals surface area contributed by atoms with Crippen molar-refractivity contribution >= 4 is 39.6 Å². The second kappa shape index (κ2) is 8.66. The fraction of sp³-hybridized carbons (Fsp3) is 0.0556. The summed E-state index contributed by atoms with van der Waals surface area (Å²) in [6, 6.07) is 15.4. The first-order valence-corrected chi connectivity index (χ1v) is 7.91. The van der Waals surface area contributed by atoms with Gasteiger partial charge in [-0.3, -0.25) is 4.79 Å². The Bertz CT molecular complexity index is 871. The number of anilines is 1. The molecule has 0 aromatic heterocycles. The molecule has 1 amide bonds. The highest BCUT2D eigenvalue weighted by molar-refractivity contribution is 9.10.